The van der Waals surface area contributed by atoms with Gasteiger partial charge < -0.3 is 19.2 Å². The Kier molecular flexibility index (Phi) is 5.49. The lowest BCUT2D eigenvalue weighted by atomic mass is 10.0. The van der Waals surface area contributed by atoms with Crippen molar-refractivity contribution < 1.29 is 14.2 Å². The summed E-state index contributed by atoms with van der Waals surface area (Å²) in [6.45, 7) is 0. The molecule has 0 fully saturated rings. The van der Waals surface area contributed by atoms with Gasteiger partial charge in [0.15, 0.2) is 11.5 Å². The van der Waals surface area contributed by atoms with E-state index in [4.69, 9.17) is 14.2 Å². The van der Waals surface area contributed by atoms with Crippen molar-refractivity contribution in [3.63, 3.8) is 0 Å². The number of hydrogen-bond acceptors (Lipinski definition) is 3. The van der Waals surface area contributed by atoms with Crippen molar-refractivity contribution in [2.75, 3.05) is 21.3 Å². The molecule has 0 bridgehead atoms. The van der Waals surface area contributed by atoms with E-state index in [0.717, 1.165) is 37.0 Å². The second-order valence-corrected chi connectivity index (χ2v) is 6.06. The molecule has 0 spiro atoms. The molecule has 4 heteroatoms. The minimum Gasteiger partial charge on any atom is -0.493 e. The largest absolute Gasteiger partial charge is 0.493 e. The highest BCUT2D eigenvalue weighted by Crippen LogP contribution is 2.40. The average Bonchev–Trinajstić information content (AvgIpc) is 3.07. The van der Waals surface area contributed by atoms with Gasteiger partial charge in [-0.15, -0.1) is 0 Å². The van der Waals surface area contributed by atoms with E-state index in [-0.39, 0.29) is 0 Å². The minimum atomic E-state index is 0.666. The quantitative estimate of drug-likeness (QED) is 0.602. The zero-order valence-corrected chi connectivity index (χ0v) is 15.1. The molecule has 0 saturated heterocycles. The van der Waals surface area contributed by atoms with E-state index in [9.17, 15) is 0 Å². The number of unbranched alkanes of at least 4 members (excludes halogenated alkanes) is 1. The van der Waals surface area contributed by atoms with Gasteiger partial charge in [-0.1, -0.05) is 24.3 Å². The Bertz CT molecular complexity index is 838. The van der Waals surface area contributed by atoms with Gasteiger partial charge in [-0.2, -0.15) is 0 Å². The van der Waals surface area contributed by atoms with E-state index in [2.05, 4.69) is 41.5 Å². The number of benzene rings is 2. The number of rotatable bonds is 8. The van der Waals surface area contributed by atoms with Gasteiger partial charge in [0.1, 0.15) is 0 Å². The van der Waals surface area contributed by atoms with Crippen LogP contribution in [0.25, 0.3) is 10.9 Å². The Hall–Kier alpha value is -2.62. The fraction of sp³-hybridized carbons (Fsp3) is 0.333. The van der Waals surface area contributed by atoms with Crippen LogP contribution in [-0.2, 0) is 12.8 Å². The predicted octanol–water partition coefficient (Wildman–Crippen LogP) is 4.76. The summed E-state index contributed by atoms with van der Waals surface area (Å²) in [7, 11) is 4.95. The zero-order valence-electron chi connectivity index (χ0n) is 15.1. The van der Waals surface area contributed by atoms with Crippen LogP contribution in [0.4, 0.5) is 0 Å². The predicted molar refractivity (Wildman–Crippen MR) is 101 cm³/mol. The van der Waals surface area contributed by atoms with Crippen LogP contribution in [0.3, 0.4) is 0 Å². The van der Waals surface area contributed by atoms with E-state index in [1.54, 1.807) is 21.3 Å². The Morgan fingerprint density at radius 3 is 2.20 bits per heavy atom. The molecule has 0 saturated carbocycles. The van der Waals surface area contributed by atoms with Gasteiger partial charge in [0, 0.05) is 17.1 Å². The fourth-order valence-electron chi connectivity index (χ4n) is 3.33. The molecular weight excluding hydrogens is 314 g/mol. The summed E-state index contributed by atoms with van der Waals surface area (Å²) in [6, 6.07) is 12.5. The number of H-pyrrole nitrogens is 1. The van der Waals surface area contributed by atoms with Crippen LogP contribution >= 0.6 is 0 Å². The number of aromatic nitrogens is 1. The molecule has 0 radical (unpaired) electrons. The number of aromatic amines is 1. The summed E-state index contributed by atoms with van der Waals surface area (Å²) in [5.74, 6) is 2.13. The minimum absolute atomic E-state index is 0.666. The highest BCUT2D eigenvalue weighted by Gasteiger charge is 2.15. The number of hydrogen-bond donors (Lipinski definition) is 1. The number of para-hydroxylation sites is 1. The Morgan fingerprint density at radius 1 is 0.760 bits per heavy atom. The summed E-state index contributed by atoms with van der Waals surface area (Å²) >= 11 is 0. The third-order valence-corrected chi connectivity index (χ3v) is 4.60. The van der Waals surface area contributed by atoms with Gasteiger partial charge in [0.2, 0.25) is 5.75 Å². The maximum absolute atomic E-state index is 5.56. The average molecular weight is 339 g/mol. The normalized spacial score (nSPS) is 10.8. The van der Waals surface area contributed by atoms with E-state index < -0.39 is 0 Å². The van der Waals surface area contributed by atoms with Crippen LogP contribution in [0.1, 0.15) is 24.0 Å². The van der Waals surface area contributed by atoms with Crippen LogP contribution in [0.5, 0.6) is 17.2 Å². The van der Waals surface area contributed by atoms with Crippen molar-refractivity contribution in [3.8, 4) is 17.2 Å². The first kappa shape index (κ1) is 17.2. The first-order valence-corrected chi connectivity index (χ1v) is 8.61. The topological polar surface area (TPSA) is 43.5 Å². The summed E-state index contributed by atoms with van der Waals surface area (Å²) in [5, 5.41) is 1.33. The Labute approximate surface area is 148 Å². The number of aryl methyl sites for hydroxylation is 2. The van der Waals surface area contributed by atoms with Gasteiger partial charge in [0.05, 0.1) is 21.3 Å². The lowest BCUT2D eigenvalue weighted by Crippen LogP contribution is -1.99. The monoisotopic (exact) mass is 339 g/mol. The third kappa shape index (κ3) is 3.58. The molecule has 3 aromatic rings. The lowest BCUT2D eigenvalue weighted by molar-refractivity contribution is 0.322. The third-order valence-electron chi connectivity index (χ3n) is 4.60. The number of methoxy groups -OCH3 is 3. The van der Waals surface area contributed by atoms with Crippen molar-refractivity contribution in [2.24, 2.45) is 0 Å². The zero-order chi connectivity index (χ0) is 17.6. The van der Waals surface area contributed by atoms with Crippen LogP contribution < -0.4 is 14.2 Å². The SMILES string of the molecule is COc1ccc(CCCCc2c[nH]c3ccccc23)c(OC)c1OC. The second-order valence-electron chi connectivity index (χ2n) is 6.06. The van der Waals surface area contributed by atoms with E-state index in [0.29, 0.717) is 11.5 Å². The van der Waals surface area contributed by atoms with Crippen LogP contribution in [0.2, 0.25) is 0 Å². The highest BCUT2D eigenvalue weighted by atomic mass is 16.5. The van der Waals surface area contributed by atoms with Crippen molar-refractivity contribution in [2.45, 2.75) is 25.7 Å². The van der Waals surface area contributed by atoms with Gasteiger partial charge in [0.25, 0.3) is 0 Å². The number of nitrogens with one attached hydrogen (secondary N) is 1. The van der Waals surface area contributed by atoms with Crippen molar-refractivity contribution in [1.29, 1.82) is 0 Å². The molecule has 0 aliphatic rings. The molecule has 4 nitrogen and oxygen atoms in total. The van der Waals surface area contributed by atoms with E-state index in [1.165, 1.54) is 16.5 Å². The smallest absolute Gasteiger partial charge is 0.203 e. The molecule has 0 unspecified atom stereocenters. The highest BCUT2D eigenvalue weighted by molar-refractivity contribution is 5.82. The Morgan fingerprint density at radius 2 is 1.48 bits per heavy atom. The van der Waals surface area contributed by atoms with Crippen molar-refractivity contribution >= 4 is 10.9 Å². The van der Waals surface area contributed by atoms with Gasteiger partial charge in [-0.3, -0.25) is 0 Å². The summed E-state index contributed by atoms with van der Waals surface area (Å²) < 4.78 is 16.4. The van der Waals surface area contributed by atoms with Gasteiger partial charge in [-0.05, 0) is 48.9 Å². The van der Waals surface area contributed by atoms with Crippen LogP contribution in [-0.4, -0.2) is 26.3 Å². The summed E-state index contributed by atoms with van der Waals surface area (Å²) in [5.41, 5.74) is 3.74. The summed E-state index contributed by atoms with van der Waals surface area (Å²) in [6.07, 6.45) is 6.36. The molecule has 2 aromatic carbocycles. The maximum atomic E-state index is 5.56. The second kappa shape index (κ2) is 7.97. The van der Waals surface area contributed by atoms with E-state index in [1.807, 2.05) is 6.07 Å². The van der Waals surface area contributed by atoms with Crippen molar-refractivity contribution in [3.05, 3.63) is 53.7 Å². The fourth-order valence-corrected chi connectivity index (χ4v) is 3.33. The molecule has 0 aliphatic carbocycles. The van der Waals surface area contributed by atoms with Crippen molar-refractivity contribution in [1.82, 2.24) is 4.98 Å². The molecule has 1 aromatic heterocycles. The molecule has 25 heavy (non-hydrogen) atoms. The lowest BCUT2D eigenvalue weighted by Gasteiger charge is -2.15. The first-order valence-electron chi connectivity index (χ1n) is 8.61. The molecule has 0 atom stereocenters. The summed E-state index contributed by atoms with van der Waals surface area (Å²) in [4.78, 5) is 3.34. The first-order chi connectivity index (χ1) is 12.3. The van der Waals surface area contributed by atoms with Gasteiger partial charge >= 0.3 is 0 Å². The Balaban J connectivity index is 1.64. The van der Waals surface area contributed by atoms with Crippen LogP contribution in [0, 0.1) is 0 Å². The van der Waals surface area contributed by atoms with E-state index >= 15 is 0 Å². The molecular formula is C21H25NO3. The number of ether oxygens (including phenoxy) is 3. The molecule has 0 aliphatic heterocycles. The molecule has 1 heterocycles. The molecule has 132 valence electrons. The molecule has 1 N–H and O–H groups in total. The standard InChI is InChI=1S/C21H25NO3/c1-23-19-13-12-15(20(24-2)21(19)25-3)8-4-5-9-16-14-22-18-11-7-6-10-17(16)18/h6-7,10-14,22H,4-5,8-9H2,1-3H3. The van der Waals surface area contributed by atoms with Crippen LogP contribution in [0.15, 0.2) is 42.6 Å². The van der Waals surface area contributed by atoms with Gasteiger partial charge in [-0.25, -0.2) is 0 Å². The number of fused-ring (bicyclic) bond motifs is 1. The molecule has 0 amide bonds. The maximum Gasteiger partial charge on any atom is 0.203 e. The molecule has 3 rings (SSSR count).